The Labute approximate surface area is 101 Å². The molecule has 0 saturated carbocycles. The fourth-order valence-electron chi connectivity index (χ4n) is 1.44. The first-order valence-electron chi connectivity index (χ1n) is 5.46. The van der Waals surface area contributed by atoms with Gasteiger partial charge in [-0.3, -0.25) is 4.79 Å². The summed E-state index contributed by atoms with van der Waals surface area (Å²) in [5.41, 5.74) is 0. The first kappa shape index (κ1) is 13.2. The van der Waals surface area contributed by atoms with Crippen molar-refractivity contribution in [1.82, 2.24) is 0 Å². The highest BCUT2D eigenvalue weighted by molar-refractivity contribution is 5.90. The number of hydrogen-bond donors (Lipinski definition) is 1. The van der Waals surface area contributed by atoms with Crippen LogP contribution in [-0.2, 0) is 4.79 Å². The number of rotatable bonds is 1. The highest BCUT2D eigenvalue weighted by Gasteiger charge is 2.02. The van der Waals surface area contributed by atoms with Crippen molar-refractivity contribution in [3.05, 3.63) is 42.5 Å². The van der Waals surface area contributed by atoms with Crippen LogP contribution in [-0.4, -0.2) is 17.7 Å². The van der Waals surface area contributed by atoms with Gasteiger partial charge < -0.3 is 9.84 Å². The molecule has 3 heteroatoms. The molecule has 1 N–H and O–H groups in total. The molecule has 0 spiro atoms. The molecule has 2 aromatic rings. The van der Waals surface area contributed by atoms with Crippen LogP contribution in [0, 0.1) is 0 Å². The third-order valence-electron chi connectivity index (χ3n) is 2.00. The minimum absolute atomic E-state index is 0.250. The van der Waals surface area contributed by atoms with Crippen LogP contribution in [0.2, 0.25) is 0 Å². The maximum absolute atomic E-state index is 10.8. The van der Waals surface area contributed by atoms with Gasteiger partial charge in [-0.1, -0.05) is 36.4 Å². The number of aliphatic hydroxyl groups is 1. The van der Waals surface area contributed by atoms with Gasteiger partial charge in [0.2, 0.25) is 0 Å². The molecular weight excluding hydrogens is 216 g/mol. The minimum atomic E-state index is -0.290. The molecule has 0 aliphatic carbocycles. The van der Waals surface area contributed by atoms with Crippen LogP contribution < -0.4 is 4.74 Å². The van der Waals surface area contributed by atoms with Crippen molar-refractivity contribution >= 4 is 16.7 Å². The van der Waals surface area contributed by atoms with E-state index in [1.165, 1.54) is 6.92 Å². The van der Waals surface area contributed by atoms with Crippen molar-refractivity contribution in [3.8, 4) is 5.75 Å². The van der Waals surface area contributed by atoms with E-state index in [2.05, 4.69) is 0 Å². The summed E-state index contributed by atoms with van der Waals surface area (Å²) in [5.74, 6) is 0.331. The molecule has 17 heavy (non-hydrogen) atoms. The van der Waals surface area contributed by atoms with E-state index >= 15 is 0 Å². The Morgan fingerprint density at radius 2 is 1.76 bits per heavy atom. The van der Waals surface area contributed by atoms with Crippen LogP contribution in [0.15, 0.2) is 42.5 Å². The normalized spacial score (nSPS) is 9.35. The van der Waals surface area contributed by atoms with Crippen LogP contribution in [0.4, 0.5) is 0 Å². The summed E-state index contributed by atoms with van der Waals surface area (Å²) in [6.45, 7) is 3.34. The summed E-state index contributed by atoms with van der Waals surface area (Å²) in [5, 5.41) is 9.61. The second-order valence-electron chi connectivity index (χ2n) is 3.39. The molecule has 2 rings (SSSR count). The third kappa shape index (κ3) is 3.89. The summed E-state index contributed by atoms with van der Waals surface area (Å²) in [6, 6.07) is 13.5. The van der Waals surface area contributed by atoms with Crippen molar-refractivity contribution in [3.63, 3.8) is 0 Å². The zero-order valence-electron chi connectivity index (χ0n) is 10.0. The highest BCUT2D eigenvalue weighted by atomic mass is 16.5. The summed E-state index contributed by atoms with van der Waals surface area (Å²) in [6.07, 6.45) is 0. The van der Waals surface area contributed by atoms with Crippen LogP contribution in [0.3, 0.4) is 0 Å². The molecule has 0 aliphatic heterocycles. The van der Waals surface area contributed by atoms with E-state index in [1.807, 2.05) is 36.4 Å². The zero-order valence-corrected chi connectivity index (χ0v) is 10.0. The van der Waals surface area contributed by atoms with Gasteiger partial charge in [0.1, 0.15) is 5.75 Å². The van der Waals surface area contributed by atoms with E-state index in [-0.39, 0.29) is 12.6 Å². The summed E-state index contributed by atoms with van der Waals surface area (Å²) < 4.78 is 5.09. The van der Waals surface area contributed by atoms with Crippen LogP contribution >= 0.6 is 0 Å². The maximum Gasteiger partial charge on any atom is 0.308 e. The lowest BCUT2D eigenvalue weighted by Gasteiger charge is -2.04. The third-order valence-corrected chi connectivity index (χ3v) is 2.00. The van der Waals surface area contributed by atoms with E-state index in [0.29, 0.717) is 5.75 Å². The predicted octanol–water partition coefficient (Wildman–Crippen LogP) is 2.76. The number of aliphatic hydroxyl groups excluding tert-OH is 1. The fraction of sp³-hybridized carbons (Fsp3) is 0.214. The van der Waals surface area contributed by atoms with Crippen molar-refractivity contribution in [2.24, 2.45) is 0 Å². The molecule has 2 aromatic carbocycles. The van der Waals surface area contributed by atoms with Gasteiger partial charge in [0, 0.05) is 18.9 Å². The Morgan fingerprint density at radius 1 is 1.18 bits per heavy atom. The Kier molecular flexibility index (Phi) is 5.17. The van der Waals surface area contributed by atoms with Crippen molar-refractivity contribution in [1.29, 1.82) is 0 Å². The molecule has 0 saturated heterocycles. The van der Waals surface area contributed by atoms with Crippen LogP contribution in [0.5, 0.6) is 5.75 Å². The molecule has 0 bridgehead atoms. The molecule has 0 heterocycles. The standard InChI is InChI=1S/C12H10O2.C2H6O/c1-9(13)14-12-8-4-6-10-5-2-3-7-11(10)12;1-2-3/h2-8H,1H3;3H,2H2,1H3. The maximum atomic E-state index is 10.8. The van der Waals surface area contributed by atoms with Gasteiger partial charge in [-0.05, 0) is 18.4 Å². The monoisotopic (exact) mass is 232 g/mol. The molecule has 0 amide bonds. The van der Waals surface area contributed by atoms with Gasteiger partial charge in [0.15, 0.2) is 0 Å². The lowest BCUT2D eigenvalue weighted by molar-refractivity contribution is -0.131. The van der Waals surface area contributed by atoms with Gasteiger partial charge in [-0.15, -0.1) is 0 Å². The van der Waals surface area contributed by atoms with Gasteiger partial charge in [0.25, 0.3) is 0 Å². The van der Waals surface area contributed by atoms with Crippen molar-refractivity contribution in [2.45, 2.75) is 13.8 Å². The first-order valence-corrected chi connectivity index (χ1v) is 5.46. The van der Waals surface area contributed by atoms with E-state index in [0.717, 1.165) is 10.8 Å². The average Bonchev–Trinajstić information content (AvgIpc) is 2.30. The quantitative estimate of drug-likeness (QED) is 0.607. The number of esters is 1. The number of carbonyl (C=O) groups excluding carboxylic acids is 1. The van der Waals surface area contributed by atoms with Gasteiger partial charge in [-0.25, -0.2) is 0 Å². The highest BCUT2D eigenvalue weighted by Crippen LogP contribution is 2.24. The Bertz CT molecular complexity index is 486. The molecule has 0 radical (unpaired) electrons. The van der Waals surface area contributed by atoms with E-state index in [1.54, 1.807) is 13.0 Å². The molecular formula is C14H16O3. The average molecular weight is 232 g/mol. The number of carbonyl (C=O) groups is 1. The van der Waals surface area contributed by atoms with Gasteiger partial charge in [0.05, 0.1) is 0 Å². The smallest absolute Gasteiger partial charge is 0.308 e. The largest absolute Gasteiger partial charge is 0.426 e. The fourth-order valence-corrected chi connectivity index (χ4v) is 1.44. The Hall–Kier alpha value is -1.87. The molecule has 0 fully saturated rings. The number of benzene rings is 2. The summed E-state index contributed by atoms with van der Waals surface area (Å²) >= 11 is 0. The number of hydrogen-bond acceptors (Lipinski definition) is 3. The molecule has 3 nitrogen and oxygen atoms in total. The van der Waals surface area contributed by atoms with Crippen molar-refractivity contribution in [2.75, 3.05) is 6.61 Å². The first-order chi connectivity index (χ1) is 8.19. The second-order valence-corrected chi connectivity index (χ2v) is 3.39. The molecule has 90 valence electrons. The van der Waals surface area contributed by atoms with Crippen LogP contribution in [0.25, 0.3) is 10.8 Å². The van der Waals surface area contributed by atoms with E-state index in [4.69, 9.17) is 9.84 Å². The lowest BCUT2D eigenvalue weighted by Crippen LogP contribution is -2.01. The molecule has 0 unspecified atom stereocenters. The summed E-state index contributed by atoms with van der Waals surface area (Å²) in [7, 11) is 0. The number of ether oxygens (including phenoxy) is 1. The molecule has 0 aromatic heterocycles. The SMILES string of the molecule is CC(=O)Oc1cccc2ccccc12.CCO. The Morgan fingerprint density at radius 3 is 2.41 bits per heavy atom. The zero-order chi connectivity index (χ0) is 12.7. The molecule has 0 atom stereocenters. The summed E-state index contributed by atoms with van der Waals surface area (Å²) in [4.78, 5) is 10.8. The second kappa shape index (κ2) is 6.66. The lowest BCUT2D eigenvalue weighted by atomic mass is 10.1. The minimum Gasteiger partial charge on any atom is -0.426 e. The number of fused-ring (bicyclic) bond motifs is 1. The van der Waals surface area contributed by atoms with Gasteiger partial charge >= 0.3 is 5.97 Å². The van der Waals surface area contributed by atoms with Crippen LogP contribution in [0.1, 0.15) is 13.8 Å². The van der Waals surface area contributed by atoms with Crippen molar-refractivity contribution < 1.29 is 14.6 Å². The molecule has 0 aliphatic rings. The topological polar surface area (TPSA) is 46.5 Å². The van der Waals surface area contributed by atoms with E-state index < -0.39 is 0 Å². The van der Waals surface area contributed by atoms with E-state index in [9.17, 15) is 4.79 Å². The predicted molar refractivity (Wildman–Crippen MR) is 68.0 cm³/mol. The van der Waals surface area contributed by atoms with Gasteiger partial charge in [-0.2, -0.15) is 0 Å². The Balaban J connectivity index is 0.000000437.